The van der Waals surface area contributed by atoms with Crippen molar-refractivity contribution in [2.75, 3.05) is 73.6 Å². The molecule has 6 aliphatic heterocycles. The number of benzene rings is 2. The van der Waals surface area contributed by atoms with Gasteiger partial charge in [0.15, 0.2) is 0 Å². The highest BCUT2D eigenvalue weighted by atomic mass is 35.5. The van der Waals surface area contributed by atoms with Crippen molar-refractivity contribution in [3.8, 4) is 0 Å². The molecule has 0 saturated carbocycles. The molecule has 2 atom stereocenters. The number of piperazine rings is 1. The molecule has 5 saturated heterocycles. The predicted molar refractivity (Wildman–Crippen MR) is 211 cm³/mol. The van der Waals surface area contributed by atoms with Gasteiger partial charge in [0.05, 0.1) is 48.0 Å². The third-order valence-electron chi connectivity index (χ3n) is 13.0. The van der Waals surface area contributed by atoms with Crippen LogP contribution in [0.15, 0.2) is 42.7 Å². The summed E-state index contributed by atoms with van der Waals surface area (Å²) in [5.74, 6) is -2.28. The van der Waals surface area contributed by atoms with Crippen LogP contribution in [0.5, 0.6) is 0 Å². The number of piperidine rings is 2. The number of nitrogens with zero attached hydrogens (tertiary/aromatic N) is 9. The molecule has 9 rings (SSSR count). The van der Waals surface area contributed by atoms with Crippen molar-refractivity contribution in [1.29, 1.82) is 0 Å². The number of hydrogen-bond acceptors (Lipinski definition) is 11. The normalized spacial score (nSPS) is 24.2. The zero-order valence-corrected chi connectivity index (χ0v) is 32.5. The van der Waals surface area contributed by atoms with Crippen molar-refractivity contribution in [2.24, 2.45) is 5.41 Å². The van der Waals surface area contributed by atoms with E-state index in [1.165, 1.54) is 6.07 Å². The molecular formula is C41H44ClFN10O4. The summed E-state index contributed by atoms with van der Waals surface area (Å²) in [4.78, 5) is 75.7. The number of aromatic nitrogens is 2. The molecule has 7 heterocycles. The number of halogens is 2. The van der Waals surface area contributed by atoms with Crippen LogP contribution in [0.4, 0.5) is 27.1 Å². The quantitative estimate of drug-likeness (QED) is 0.274. The Kier molecular flexibility index (Phi) is 9.61. The van der Waals surface area contributed by atoms with Crippen molar-refractivity contribution in [3.05, 3.63) is 81.9 Å². The van der Waals surface area contributed by atoms with Crippen LogP contribution in [0.25, 0.3) is 4.85 Å². The zero-order chi connectivity index (χ0) is 39.6. The monoisotopic (exact) mass is 794 g/mol. The van der Waals surface area contributed by atoms with E-state index in [0.717, 1.165) is 93.2 Å². The maximum absolute atomic E-state index is 15.3. The minimum atomic E-state index is -1.09. The van der Waals surface area contributed by atoms with Gasteiger partial charge < -0.3 is 14.7 Å². The van der Waals surface area contributed by atoms with E-state index in [1.54, 1.807) is 0 Å². The molecule has 57 heavy (non-hydrogen) atoms. The molecule has 6 aliphatic rings. The van der Waals surface area contributed by atoms with Crippen molar-refractivity contribution < 1.29 is 23.6 Å². The third kappa shape index (κ3) is 6.87. The second-order valence-electron chi connectivity index (χ2n) is 16.4. The molecule has 14 nitrogen and oxygen atoms in total. The SMILES string of the molecule is [C-]#[N+]c1ccc(N2CC3(CCN(c4cnc(CN5CCN(C6CN(c7cc8c(cc7F)C(=O)N(C7CCC(=O)NC7=O)C8=O)C6)CC5)nc4)CC3)C[C@@H]2C)cc1Cl. The van der Waals surface area contributed by atoms with Crippen LogP contribution in [0.3, 0.4) is 0 Å². The Morgan fingerprint density at radius 1 is 0.930 bits per heavy atom. The van der Waals surface area contributed by atoms with Gasteiger partial charge in [0.25, 0.3) is 11.8 Å². The molecular weight excluding hydrogens is 751 g/mol. The Hall–Kier alpha value is -5.17. The first-order valence-electron chi connectivity index (χ1n) is 19.8. The topological polar surface area (TPSA) is 130 Å². The largest absolute Gasteiger partial charge is 0.369 e. The molecule has 296 valence electrons. The summed E-state index contributed by atoms with van der Waals surface area (Å²) < 4.78 is 15.3. The first-order chi connectivity index (χ1) is 27.5. The number of imide groups is 2. The number of hydrogen-bond donors (Lipinski definition) is 1. The van der Waals surface area contributed by atoms with Gasteiger partial charge in [-0.25, -0.2) is 19.2 Å². The lowest BCUT2D eigenvalue weighted by Gasteiger charge is -2.49. The number of carbonyl (C=O) groups excluding carboxylic acids is 4. The molecule has 4 amide bonds. The summed E-state index contributed by atoms with van der Waals surface area (Å²) in [6.07, 6.45) is 7.32. The van der Waals surface area contributed by atoms with Gasteiger partial charge in [0.2, 0.25) is 17.5 Å². The highest BCUT2D eigenvalue weighted by Crippen LogP contribution is 2.46. The van der Waals surface area contributed by atoms with Gasteiger partial charge in [0.1, 0.15) is 17.7 Å². The van der Waals surface area contributed by atoms with Crippen molar-refractivity contribution >= 4 is 58.0 Å². The van der Waals surface area contributed by atoms with E-state index < -0.39 is 35.5 Å². The fraction of sp³-hybridized carbons (Fsp3) is 0.488. The lowest BCUT2D eigenvalue weighted by atomic mass is 9.76. The van der Waals surface area contributed by atoms with Gasteiger partial charge in [-0.3, -0.25) is 39.2 Å². The summed E-state index contributed by atoms with van der Waals surface area (Å²) in [7, 11) is 0. The summed E-state index contributed by atoms with van der Waals surface area (Å²) in [5.41, 5.74) is 3.18. The van der Waals surface area contributed by atoms with E-state index in [-0.39, 0.29) is 41.1 Å². The Labute approximate surface area is 335 Å². The molecule has 1 spiro atoms. The van der Waals surface area contributed by atoms with Gasteiger partial charge in [-0.15, -0.1) is 0 Å². The zero-order valence-electron chi connectivity index (χ0n) is 31.8. The van der Waals surface area contributed by atoms with E-state index >= 15 is 4.39 Å². The van der Waals surface area contributed by atoms with Gasteiger partial charge in [0, 0.05) is 88.1 Å². The smallest absolute Gasteiger partial charge is 0.262 e. The standard InChI is InChI=1S/C41H44ClFN10O4/c1-25-18-41(24-52(25)26-3-4-33(44-2)31(42)15-26)7-9-49(10-8-41)27-19-45-36(46-20-27)23-48-11-13-50(14-12-48)28-21-51(22-28)35-17-30-29(16-32(35)43)39(56)53(40(30)57)34-5-6-37(54)47-38(34)55/h3-4,15-17,19-20,25,28,34H,5-14,18,21-24H2,1H3,(H,47,54,55)/t25-,34?/m0/s1. The van der Waals surface area contributed by atoms with Gasteiger partial charge in [-0.1, -0.05) is 17.7 Å². The second kappa shape index (κ2) is 14.6. The van der Waals surface area contributed by atoms with Gasteiger partial charge >= 0.3 is 0 Å². The molecule has 3 aromatic rings. The maximum Gasteiger partial charge on any atom is 0.262 e. The minimum absolute atomic E-state index is 0.0232. The van der Waals surface area contributed by atoms with Crippen LogP contribution in [0, 0.1) is 17.8 Å². The lowest BCUT2D eigenvalue weighted by Crippen LogP contribution is -2.63. The highest BCUT2D eigenvalue weighted by molar-refractivity contribution is 6.33. The number of amides is 4. The molecule has 1 unspecified atom stereocenters. The molecule has 2 aromatic carbocycles. The van der Waals surface area contributed by atoms with E-state index in [1.807, 2.05) is 35.5 Å². The average Bonchev–Trinajstić information content (AvgIpc) is 3.63. The number of rotatable bonds is 7. The lowest BCUT2D eigenvalue weighted by molar-refractivity contribution is -0.136. The second-order valence-corrected chi connectivity index (χ2v) is 16.8. The maximum atomic E-state index is 15.3. The van der Waals surface area contributed by atoms with Crippen molar-refractivity contribution in [1.82, 2.24) is 30.0 Å². The Bertz CT molecular complexity index is 2180. The minimum Gasteiger partial charge on any atom is -0.369 e. The number of fused-ring (bicyclic) bond motifs is 1. The number of carbonyl (C=O) groups is 4. The third-order valence-corrected chi connectivity index (χ3v) is 13.3. The molecule has 16 heteroatoms. The molecule has 0 bridgehead atoms. The number of anilines is 3. The van der Waals surface area contributed by atoms with Crippen LogP contribution in [0.1, 0.15) is 65.6 Å². The van der Waals surface area contributed by atoms with Crippen LogP contribution in [-0.2, 0) is 16.1 Å². The van der Waals surface area contributed by atoms with Gasteiger partial charge in [-0.05, 0) is 62.3 Å². The predicted octanol–water partition coefficient (Wildman–Crippen LogP) is 4.11. The summed E-state index contributed by atoms with van der Waals surface area (Å²) in [5, 5.41) is 2.69. The van der Waals surface area contributed by atoms with Crippen LogP contribution in [0.2, 0.25) is 5.02 Å². The van der Waals surface area contributed by atoms with E-state index in [9.17, 15) is 19.2 Å². The van der Waals surface area contributed by atoms with E-state index in [2.05, 4.69) is 36.7 Å². The highest BCUT2D eigenvalue weighted by Gasteiger charge is 2.47. The number of nitrogens with one attached hydrogen (secondary N) is 1. The molecule has 1 N–H and O–H groups in total. The fourth-order valence-corrected chi connectivity index (χ4v) is 9.93. The van der Waals surface area contributed by atoms with Crippen LogP contribution >= 0.6 is 11.6 Å². The molecule has 0 aliphatic carbocycles. The molecule has 1 aromatic heterocycles. The van der Waals surface area contributed by atoms with Gasteiger partial charge in [-0.2, -0.15) is 0 Å². The van der Waals surface area contributed by atoms with Crippen molar-refractivity contribution in [2.45, 2.75) is 63.7 Å². The Morgan fingerprint density at radius 3 is 2.30 bits per heavy atom. The first kappa shape index (κ1) is 37.4. The summed E-state index contributed by atoms with van der Waals surface area (Å²) in [6, 6.07) is 7.85. The van der Waals surface area contributed by atoms with E-state index in [4.69, 9.17) is 28.1 Å². The Balaban J connectivity index is 0.735. The molecule has 5 fully saturated rings. The van der Waals surface area contributed by atoms with Crippen molar-refractivity contribution in [3.63, 3.8) is 0 Å². The van der Waals surface area contributed by atoms with E-state index in [0.29, 0.717) is 36.4 Å². The fourth-order valence-electron chi connectivity index (χ4n) is 9.71. The Morgan fingerprint density at radius 2 is 1.63 bits per heavy atom. The average molecular weight is 795 g/mol. The van der Waals surface area contributed by atoms with Crippen LogP contribution in [-0.4, -0.2) is 125 Å². The summed E-state index contributed by atoms with van der Waals surface area (Å²) in [6.45, 7) is 17.8. The summed E-state index contributed by atoms with van der Waals surface area (Å²) >= 11 is 6.38. The first-order valence-corrected chi connectivity index (χ1v) is 20.1. The van der Waals surface area contributed by atoms with Crippen LogP contribution < -0.4 is 20.0 Å². The molecule has 0 radical (unpaired) electrons.